The number of nitrogens with zero attached hydrogens (tertiary/aromatic N) is 2. The maximum absolute atomic E-state index is 8.74. The third-order valence-corrected chi connectivity index (χ3v) is 13.2. The van der Waals surface area contributed by atoms with Crippen LogP contribution in [0, 0.1) is 22.7 Å². The quantitative estimate of drug-likeness (QED) is 0.0347. The Morgan fingerprint density at radius 2 is 0.574 bits per heavy atom. The van der Waals surface area contributed by atoms with Gasteiger partial charge in [-0.25, -0.2) is 0 Å². The standard InChI is InChI=1S/C62H99N2O3P/c1-52(2)26-15-29-55(5)32-18-35-58(8)38-20-40-60(10)42-21-41-59(9)39-19-36-56(6)33-16-30-53(3)27-13-14-28-54(4)31-17-34-57(7)37-22-43-61(11)44-23-45-62(12)46-51-67-68(65-49-24-47-63)66-50-25-48-64/h26-27,31-33,37-39,42,44,46H,13-25,28-30,34-36,40-41,43,45,49-51H2,1-12H3/b53-27+,54-31-,55-32+,56-33-,57-37-,58-38+,59-39-,60-42+,61-44-,62-46-. The largest absolute Gasteiger partial charge is 0.333 e. The molecule has 0 N–H and O–H groups in total. The molecule has 0 fully saturated rings. The molecule has 0 saturated heterocycles. The molecule has 0 aliphatic rings. The summed E-state index contributed by atoms with van der Waals surface area (Å²) in [6, 6.07) is 4.10. The fraction of sp³-hybridized carbons (Fsp3) is 0.613. The summed E-state index contributed by atoms with van der Waals surface area (Å²) < 4.78 is 16.8. The molecule has 0 rings (SSSR count). The lowest BCUT2D eigenvalue weighted by Gasteiger charge is -2.14. The Morgan fingerprint density at radius 1 is 0.324 bits per heavy atom. The van der Waals surface area contributed by atoms with E-state index in [1.54, 1.807) is 0 Å². The van der Waals surface area contributed by atoms with Crippen molar-refractivity contribution in [2.75, 3.05) is 19.8 Å². The van der Waals surface area contributed by atoms with E-state index in [2.05, 4.69) is 162 Å². The number of nitriles is 2. The molecule has 0 aromatic rings. The highest BCUT2D eigenvalue weighted by atomic mass is 31.2. The fourth-order valence-corrected chi connectivity index (χ4v) is 8.29. The van der Waals surface area contributed by atoms with Gasteiger partial charge in [0.05, 0.1) is 44.8 Å². The Morgan fingerprint density at radius 3 is 0.853 bits per heavy atom. The molecule has 0 atom stereocenters. The van der Waals surface area contributed by atoms with Crippen LogP contribution in [-0.4, -0.2) is 19.8 Å². The molecule has 0 unspecified atom stereocenters. The van der Waals surface area contributed by atoms with Crippen LogP contribution in [0.1, 0.15) is 231 Å². The molecule has 0 saturated carbocycles. The molecule has 0 aliphatic heterocycles. The van der Waals surface area contributed by atoms with E-state index in [1.165, 1.54) is 106 Å². The van der Waals surface area contributed by atoms with E-state index >= 15 is 0 Å². The van der Waals surface area contributed by atoms with Crippen LogP contribution in [0.5, 0.6) is 0 Å². The van der Waals surface area contributed by atoms with Crippen LogP contribution >= 0.6 is 8.60 Å². The van der Waals surface area contributed by atoms with Gasteiger partial charge < -0.3 is 13.6 Å². The zero-order chi connectivity index (χ0) is 50.6. The van der Waals surface area contributed by atoms with Crippen molar-refractivity contribution in [1.29, 1.82) is 10.5 Å². The van der Waals surface area contributed by atoms with Crippen LogP contribution in [-0.2, 0) is 13.6 Å². The summed E-state index contributed by atoms with van der Waals surface area (Å²) in [5.41, 5.74) is 16.3. The second kappa shape index (κ2) is 44.6. The first-order chi connectivity index (χ1) is 32.6. The first kappa shape index (κ1) is 64.4. The van der Waals surface area contributed by atoms with Gasteiger partial charge in [-0.15, -0.1) is 0 Å². The van der Waals surface area contributed by atoms with E-state index in [9.17, 15) is 0 Å². The predicted octanol–water partition coefficient (Wildman–Crippen LogP) is 20.7. The minimum atomic E-state index is -1.55. The molecular weight excluding hydrogens is 852 g/mol. The highest BCUT2D eigenvalue weighted by molar-refractivity contribution is 7.41. The van der Waals surface area contributed by atoms with Crippen molar-refractivity contribution in [3.8, 4) is 12.1 Å². The smallest absolute Gasteiger partial charge is 0.311 e. The second-order valence-electron chi connectivity index (χ2n) is 19.5. The van der Waals surface area contributed by atoms with Crippen molar-refractivity contribution in [3.63, 3.8) is 0 Å². The zero-order valence-electron chi connectivity index (χ0n) is 45.8. The van der Waals surface area contributed by atoms with Gasteiger partial charge in [-0.2, -0.15) is 10.5 Å². The number of rotatable bonds is 40. The van der Waals surface area contributed by atoms with E-state index in [4.69, 9.17) is 24.1 Å². The van der Waals surface area contributed by atoms with E-state index in [0.717, 1.165) is 89.9 Å². The number of allylic oxidation sites excluding steroid dienone is 21. The summed E-state index contributed by atoms with van der Waals surface area (Å²) in [5, 5.41) is 17.5. The summed E-state index contributed by atoms with van der Waals surface area (Å²) in [4.78, 5) is 0. The lowest BCUT2D eigenvalue weighted by molar-refractivity contribution is 0.175. The molecule has 5 nitrogen and oxygen atoms in total. The maximum atomic E-state index is 8.74. The van der Waals surface area contributed by atoms with Crippen LogP contribution in [0.15, 0.2) is 128 Å². The molecule has 0 heterocycles. The molecule has 0 spiro atoms. The highest BCUT2D eigenvalue weighted by Gasteiger charge is 2.12. The summed E-state index contributed by atoms with van der Waals surface area (Å²) in [5.74, 6) is 0. The average molecular weight is 951 g/mol. The van der Waals surface area contributed by atoms with Crippen molar-refractivity contribution in [2.24, 2.45) is 0 Å². The summed E-state index contributed by atoms with van der Waals surface area (Å²) in [6.07, 6.45) is 50.9. The lowest BCUT2D eigenvalue weighted by atomic mass is 10.0. The molecule has 0 amide bonds. The van der Waals surface area contributed by atoms with Gasteiger partial charge in [0.2, 0.25) is 0 Å². The van der Waals surface area contributed by atoms with Gasteiger partial charge in [0.25, 0.3) is 0 Å². The Kier molecular flexibility index (Phi) is 42.3. The molecule has 0 bridgehead atoms. The van der Waals surface area contributed by atoms with Crippen molar-refractivity contribution >= 4 is 8.60 Å². The Bertz CT molecular complexity index is 1790. The molecule has 380 valence electrons. The number of unbranched alkanes of at least 4 members (excludes halogenated alkanes) is 1. The van der Waals surface area contributed by atoms with Crippen LogP contribution in [0.2, 0.25) is 0 Å². The SMILES string of the molecule is CC(C)=CCC/C(C)=C/CC/C(C)=C/CC/C(C)=C/CC/C(C)=C\CC/C(C)=C\CC/C(C)=C/CCC/C(C)=C\CC/C(C)=C\CC/C(C)=C\CC/C(C)=C\COP(OCCC#N)OCCC#N. The van der Waals surface area contributed by atoms with Crippen molar-refractivity contribution in [2.45, 2.75) is 231 Å². The fourth-order valence-electron chi connectivity index (χ4n) is 7.39. The minimum absolute atomic E-state index is 0.263. The van der Waals surface area contributed by atoms with Gasteiger partial charge in [-0.1, -0.05) is 128 Å². The summed E-state index contributed by atoms with van der Waals surface area (Å²) in [6.45, 7) is 28.0. The van der Waals surface area contributed by atoms with E-state index in [0.29, 0.717) is 6.61 Å². The highest BCUT2D eigenvalue weighted by Crippen LogP contribution is 2.40. The topological polar surface area (TPSA) is 75.3 Å². The van der Waals surface area contributed by atoms with Gasteiger partial charge in [-0.3, -0.25) is 0 Å². The monoisotopic (exact) mass is 951 g/mol. The predicted molar refractivity (Wildman–Crippen MR) is 299 cm³/mol. The first-order valence-electron chi connectivity index (χ1n) is 26.3. The van der Waals surface area contributed by atoms with Gasteiger partial charge in [0, 0.05) is 0 Å². The molecule has 68 heavy (non-hydrogen) atoms. The molecule has 0 radical (unpaired) electrons. The summed E-state index contributed by atoms with van der Waals surface area (Å²) in [7, 11) is -1.55. The van der Waals surface area contributed by atoms with Crippen LogP contribution in [0.25, 0.3) is 0 Å². The lowest BCUT2D eigenvalue weighted by Crippen LogP contribution is -1.99. The average Bonchev–Trinajstić information content (AvgIpc) is 3.27. The molecular formula is C62H99N2O3P. The Hall–Kier alpha value is -3.57. The van der Waals surface area contributed by atoms with Gasteiger partial charge in [0.15, 0.2) is 0 Å². The van der Waals surface area contributed by atoms with Gasteiger partial charge in [0.1, 0.15) is 0 Å². The normalized spacial score (nSPS) is 14.2. The first-order valence-corrected chi connectivity index (χ1v) is 27.4. The number of hydrogen-bond donors (Lipinski definition) is 0. The maximum Gasteiger partial charge on any atom is 0.333 e. The van der Waals surface area contributed by atoms with E-state index < -0.39 is 8.60 Å². The Labute approximate surface area is 421 Å². The van der Waals surface area contributed by atoms with E-state index in [-0.39, 0.29) is 26.1 Å². The van der Waals surface area contributed by atoms with Crippen molar-refractivity contribution < 1.29 is 13.6 Å². The zero-order valence-corrected chi connectivity index (χ0v) is 46.7. The minimum Gasteiger partial charge on any atom is -0.311 e. The second-order valence-corrected chi connectivity index (χ2v) is 20.8. The molecule has 0 aromatic carbocycles. The van der Waals surface area contributed by atoms with Crippen LogP contribution in [0.3, 0.4) is 0 Å². The van der Waals surface area contributed by atoms with Gasteiger partial charge >= 0.3 is 8.60 Å². The third kappa shape index (κ3) is 43.7. The third-order valence-electron chi connectivity index (χ3n) is 12.0. The van der Waals surface area contributed by atoms with Crippen molar-refractivity contribution in [1.82, 2.24) is 0 Å². The van der Waals surface area contributed by atoms with Crippen LogP contribution in [0.4, 0.5) is 0 Å². The summed E-state index contributed by atoms with van der Waals surface area (Å²) >= 11 is 0. The molecule has 0 aromatic heterocycles. The van der Waals surface area contributed by atoms with E-state index in [1.807, 2.05) is 0 Å². The number of hydrogen-bond acceptors (Lipinski definition) is 5. The van der Waals surface area contributed by atoms with Crippen molar-refractivity contribution in [3.05, 3.63) is 128 Å². The van der Waals surface area contributed by atoms with Gasteiger partial charge in [-0.05, 0) is 218 Å². The molecule has 0 aliphatic carbocycles. The molecule has 6 heteroatoms. The van der Waals surface area contributed by atoms with Crippen LogP contribution < -0.4 is 0 Å². The Balaban J connectivity index is 4.29.